The van der Waals surface area contributed by atoms with Gasteiger partial charge in [0.15, 0.2) is 5.78 Å². The van der Waals surface area contributed by atoms with E-state index in [2.05, 4.69) is 96.2 Å². The van der Waals surface area contributed by atoms with Crippen LogP contribution >= 0.6 is 0 Å². The third kappa shape index (κ3) is 9.82. The first-order valence-corrected chi connectivity index (χ1v) is 15.4. The Morgan fingerprint density at radius 1 is 1.17 bits per heavy atom. The molecule has 0 aromatic rings. The van der Waals surface area contributed by atoms with Crippen molar-refractivity contribution in [1.29, 1.82) is 0 Å². The summed E-state index contributed by atoms with van der Waals surface area (Å²) >= 11 is 0. The molecule has 3 heteroatoms. The van der Waals surface area contributed by atoms with Crippen molar-refractivity contribution in [2.75, 3.05) is 13.1 Å². The normalized spacial score (nSPS) is 22.7. The zero-order valence-corrected chi connectivity index (χ0v) is 27.6. The van der Waals surface area contributed by atoms with E-state index in [0.717, 1.165) is 47.5 Å². The maximum Gasteiger partial charge on any atom is 0.183 e. The highest BCUT2D eigenvalue weighted by Gasteiger charge is 2.27. The smallest absolute Gasteiger partial charge is 0.183 e. The van der Waals surface area contributed by atoms with Gasteiger partial charge < -0.3 is 4.90 Å². The lowest BCUT2D eigenvalue weighted by Gasteiger charge is -2.29. The van der Waals surface area contributed by atoms with Crippen molar-refractivity contribution < 1.29 is 4.79 Å². The van der Waals surface area contributed by atoms with Gasteiger partial charge in [0.1, 0.15) is 0 Å². The third-order valence-corrected chi connectivity index (χ3v) is 8.27. The molecule has 2 rings (SSSR count). The van der Waals surface area contributed by atoms with E-state index in [1.165, 1.54) is 17.7 Å². The number of carbonyl (C=O) groups is 1. The lowest BCUT2D eigenvalue weighted by atomic mass is 9.81. The lowest BCUT2D eigenvalue weighted by Crippen LogP contribution is -2.28. The maximum absolute atomic E-state index is 13.0. The number of carbonyl (C=O) groups excluding carboxylic acids is 1. The molecule has 0 amide bonds. The van der Waals surface area contributed by atoms with Gasteiger partial charge in [-0.05, 0) is 99.2 Å². The van der Waals surface area contributed by atoms with E-state index < -0.39 is 0 Å². The van der Waals surface area contributed by atoms with Gasteiger partial charge in [-0.15, -0.1) is 0 Å². The molecule has 0 aliphatic carbocycles. The van der Waals surface area contributed by atoms with Gasteiger partial charge in [0.2, 0.25) is 0 Å². The lowest BCUT2D eigenvalue weighted by molar-refractivity contribution is -0.111. The second-order valence-electron chi connectivity index (χ2n) is 12.4. The average Bonchev–Trinajstić information content (AvgIpc) is 3.15. The molecule has 3 atom stereocenters. The van der Waals surface area contributed by atoms with Crippen LogP contribution in [0.25, 0.3) is 0 Å². The van der Waals surface area contributed by atoms with Crippen molar-refractivity contribution in [3.05, 3.63) is 120 Å². The topological polar surface area (TPSA) is 32.7 Å². The Labute approximate surface area is 257 Å². The maximum atomic E-state index is 13.0. The molecule has 0 spiro atoms. The molecule has 1 saturated heterocycles. The highest BCUT2D eigenvalue weighted by molar-refractivity contribution is 6.12. The number of nitrogens with zero attached hydrogens (tertiary/aromatic N) is 2. The fourth-order valence-electron chi connectivity index (χ4n) is 5.81. The predicted molar refractivity (Wildman–Crippen MR) is 184 cm³/mol. The molecule has 2 aliphatic heterocycles. The summed E-state index contributed by atoms with van der Waals surface area (Å²) in [5.41, 5.74) is 8.63. The zero-order chi connectivity index (χ0) is 31.6. The van der Waals surface area contributed by atoms with Crippen LogP contribution in [0.3, 0.4) is 0 Å². The number of ketones is 1. The Morgan fingerprint density at radius 3 is 2.43 bits per heavy atom. The van der Waals surface area contributed by atoms with Gasteiger partial charge in [0, 0.05) is 37.0 Å². The van der Waals surface area contributed by atoms with Crippen molar-refractivity contribution >= 4 is 11.5 Å². The van der Waals surface area contributed by atoms with Crippen LogP contribution in [0.5, 0.6) is 0 Å². The molecule has 0 N–H and O–H groups in total. The highest BCUT2D eigenvalue weighted by atomic mass is 16.1. The number of rotatable bonds is 11. The van der Waals surface area contributed by atoms with Crippen LogP contribution in [0.2, 0.25) is 0 Å². The Kier molecular flexibility index (Phi) is 13.4. The summed E-state index contributed by atoms with van der Waals surface area (Å²) in [4.78, 5) is 20.5. The van der Waals surface area contributed by atoms with Crippen LogP contribution in [0, 0.1) is 23.7 Å². The third-order valence-electron chi connectivity index (χ3n) is 8.27. The monoisotopic (exact) mass is 566 g/mol. The van der Waals surface area contributed by atoms with Crippen LogP contribution < -0.4 is 0 Å². The fraction of sp³-hybridized carbons (Fsp3) is 0.436. The first-order chi connectivity index (χ1) is 19.8. The molecule has 1 fully saturated rings. The van der Waals surface area contributed by atoms with E-state index in [0.29, 0.717) is 35.4 Å². The van der Waals surface area contributed by atoms with Gasteiger partial charge in [-0.2, -0.15) is 0 Å². The van der Waals surface area contributed by atoms with Crippen LogP contribution in [-0.4, -0.2) is 29.5 Å². The van der Waals surface area contributed by atoms with Gasteiger partial charge in [-0.1, -0.05) is 95.0 Å². The quantitative estimate of drug-likeness (QED) is 0.142. The second-order valence-corrected chi connectivity index (χ2v) is 12.4. The van der Waals surface area contributed by atoms with Crippen LogP contribution in [-0.2, 0) is 4.79 Å². The molecular weight excluding hydrogens is 512 g/mol. The molecule has 0 aromatic carbocycles. The van der Waals surface area contributed by atoms with Crippen molar-refractivity contribution in [3.8, 4) is 0 Å². The van der Waals surface area contributed by atoms with Crippen LogP contribution in [0.4, 0.5) is 0 Å². The number of hydrogen-bond donors (Lipinski definition) is 0. The molecule has 3 nitrogen and oxygen atoms in total. The van der Waals surface area contributed by atoms with Gasteiger partial charge >= 0.3 is 0 Å². The minimum atomic E-state index is -0.0838. The van der Waals surface area contributed by atoms with E-state index in [-0.39, 0.29) is 11.7 Å². The van der Waals surface area contributed by atoms with E-state index in [1.54, 1.807) is 6.08 Å². The van der Waals surface area contributed by atoms with Crippen molar-refractivity contribution in [1.82, 2.24) is 4.90 Å². The van der Waals surface area contributed by atoms with Crippen LogP contribution in [0.15, 0.2) is 125 Å². The van der Waals surface area contributed by atoms with Gasteiger partial charge in [-0.25, -0.2) is 0 Å². The van der Waals surface area contributed by atoms with E-state index in [9.17, 15) is 4.79 Å². The molecule has 0 radical (unpaired) electrons. The number of allylic oxidation sites excluding steroid dienone is 12. The minimum absolute atomic E-state index is 0.0838. The number of likely N-dealkylation sites (tertiary alicyclic amines) is 1. The Bertz CT molecular complexity index is 1290. The summed E-state index contributed by atoms with van der Waals surface area (Å²) in [5, 5.41) is 0. The summed E-state index contributed by atoms with van der Waals surface area (Å²) in [6.45, 7) is 35.8. The van der Waals surface area contributed by atoms with E-state index in [4.69, 9.17) is 4.99 Å². The minimum Gasteiger partial charge on any atom is -0.371 e. The molecule has 2 aliphatic rings. The van der Waals surface area contributed by atoms with Gasteiger partial charge in [0.05, 0.1) is 5.70 Å². The number of aliphatic imine (C=N–C) groups is 1. The SMILES string of the molecule is C=C/C(C)=C\C(C)/C(=C\C(=C/C)C1=CC(=O)C(=C)CC(/C=C\C(=C/C)N2CCC(=C)C(CC(C)C)[C@H](C)C2)=N1)C(=C)C. The summed E-state index contributed by atoms with van der Waals surface area (Å²) in [7, 11) is 0. The molecule has 0 saturated carbocycles. The number of hydrogen-bond acceptors (Lipinski definition) is 3. The highest BCUT2D eigenvalue weighted by Crippen LogP contribution is 2.34. The molecular formula is C39H54N2O. The van der Waals surface area contributed by atoms with Crippen molar-refractivity contribution in [2.45, 2.75) is 74.7 Å². The van der Waals surface area contributed by atoms with Gasteiger partial charge in [-0.3, -0.25) is 9.79 Å². The van der Waals surface area contributed by atoms with Crippen LogP contribution in [0.1, 0.15) is 74.7 Å². The largest absolute Gasteiger partial charge is 0.371 e. The zero-order valence-electron chi connectivity index (χ0n) is 27.6. The summed E-state index contributed by atoms with van der Waals surface area (Å²) in [5.74, 6) is 1.81. The van der Waals surface area contributed by atoms with Crippen molar-refractivity contribution in [3.63, 3.8) is 0 Å². The summed E-state index contributed by atoms with van der Waals surface area (Å²) in [6, 6.07) is 0. The standard InChI is InChI=1S/C39H54N2O/c1-13-28(8)21-30(10)36(27(6)7)23-33(14-2)38-24-39(42)31(11)22-34(40-38)16-17-35(15-3)41-19-18-29(9)37(20-26(4)5)32(12)25-41/h13-17,21,23-24,26,30,32,37H,1,6,9,11,18-20,22,25H2,2-5,7-8,10,12H3/b17-16-,28-21-,33-14+,35-15+,36-23-/t30?,32-,37?/m1/s1. The van der Waals surface area contributed by atoms with E-state index in [1.807, 2.05) is 32.9 Å². The average molecular weight is 567 g/mol. The fourth-order valence-corrected chi connectivity index (χ4v) is 5.81. The summed E-state index contributed by atoms with van der Waals surface area (Å²) < 4.78 is 0. The van der Waals surface area contributed by atoms with Crippen molar-refractivity contribution in [2.24, 2.45) is 28.7 Å². The predicted octanol–water partition coefficient (Wildman–Crippen LogP) is 10.1. The Hall–Kier alpha value is -3.46. The molecule has 42 heavy (non-hydrogen) atoms. The Morgan fingerprint density at radius 2 is 1.86 bits per heavy atom. The molecule has 2 heterocycles. The Balaban J connectivity index is 2.42. The first kappa shape index (κ1) is 34.7. The summed E-state index contributed by atoms with van der Waals surface area (Å²) in [6.07, 6.45) is 18.7. The molecule has 0 aromatic heterocycles. The second kappa shape index (κ2) is 16.2. The van der Waals surface area contributed by atoms with E-state index >= 15 is 0 Å². The molecule has 0 bridgehead atoms. The molecule has 226 valence electrons. The van der Waals surface area contributed by atoms with Gasteiger partial charge in [0.25, 0.3) is 0 Å². The first-order valence-electron chi connectivity index (χ1n) is 15.4. The molecule has 2 unspecified atom stereocenters.